The van der Waals surface area contributed by atoms with Crippen molar-refractivity contribution in [2.75, 3.05) is 0 Å². The number of benzene rings is 2. The zero-order valence-corrected chi connectivity index (χ0v) is 14.5. The summed E-state index contributed by atoms with van der Waals surface area (Å²) in [6, 6.07) is 17.5. The van der Waals surface area contributed by atoms with E-state index in [9.17, 15) is 4.79 Å². The van der Waals surface area contributed by atoms with Crippen molar-refractivity contribution >= 4 is 6.03 Å². The average Bonchev–Trinajstić information content (AvgIpc) is 3.28. The SMILES string of the molecule is C[C@H](NC(=O)NC1Cc2ccccc2C1)c1nnnn1-c1ccccc1. The Balaban J connectivity index is 1.39. The van der Waals surface area contributed by atoms with Crippen LogP contribution < -0.4 is 10.6 Å². The summed E-state index contributed by atoms with van der Waals surface area (Å²) in [5, 5.41) is 17.8. The lowest BCUT2D eigenvalue weighted by Gasteiger charge is -2.17. The molecule has 7 heteroatoms. The molecule has 0 radical (unpaired) electrons. The van der Waals surface area contributed by atoms with Crippen molar-refractivity contribution in [3.8, 4) is 5.69 Å². The number of hydrogen-bond acceptors (Lipinski definition) is 4. The normalized spacial score (nSPS) is 14.7. The van der Waals surface area contributed by atoms with Crippen molar-refractivity contribution in [2.45, 2.75) is 31.8 Å². The molecule has 1 aromatic heterocycles. The number of amides is 2. The fourth-order valence-electron chi connectivity index (χ4n) is 3.37. The number of fused-ring (bicyclic) bond motifs is 1. The van der Waals surface area contributed by atoms with Gasteiger partial charge in [-0.15, -0.1) is 5.10 Å². The summed E-state index contributed by atoms with van der Waals surface area (Å²) in [6.07, 6.45) is 1.72. The molecule has 2 aromatic carbocycles. The van der Waals surface area contributed by atoms with Crippen LogP contribution in [-0.2, 0) is 12.8 Å². The molecule has 0 aliphatic heterocycles. The van der Waals surface area contributed by atoms with Crippen LogP contribution in [0.4, 0.5) is 4.79 Å². The molecule has 0 saturated carbocycles. The highest BCUT2D eigenvalue weighted by Crippen LogP contribution is 2.21. The van der Waals surface area contributed by atoms with E-state index in [1.165, 1.54) is 11.1 Å². The molecule has 0 bridgehead atoms. The smallest absolute Gasteiger partial charge is 0.315 e. The van der Waals surface area contributed by atoms with Crippen LogP contribution in [0, 0.1) is 0 Å². The molecule has 4 rings (SSSR count). The van der Waals surface area contributed by atoms with Crippen LogP contribution in [0.2, 0.25) is 0 Å². The van der Waals surface area contributed by atoms with E-state index in [0.29, 0.717) is 5.82 Å². The highest BCUT2D eigenvalue weighted by atomic mass is 16.2. The zero-order valence-electron chi connectivity index (χ0n) is 14.5. The number of rotatable bonds is 4. The van der Waals surface area contributed by atoms with Crippen LogP contribution in [0.1, 0.15) is 29.9 Å². The van der Waals surface area contributed by atoms with Gasteiger partial charge in [0.1, 0.15) is 0 Å². The molecule has 3 aromatic rings. The first-order valence-electron chi connectivity index (χ1n) is 8.68. The second kappa shape index (κ2) is 6.95. The lowest BCUT2D eigenvalue weighted by atomic mass is 10.1. The maximum absolute atomic E-state index is 12.4. The van der Waals surface area contributed by atoms with Gasteiger partial charge in [-0.1, -0.05) is 42.5 Å². The van der Waals surface area contributed by atoms with E-state index in [4.69, 9.17) is 0 Å². The maximum atomic E-state index is 12.4. The van der Waals surface area contributed by atoms with Crippen LogP contribution in [0.3, 0.4) is 0 Å². The Hall–Kier alpha value is -3.22. The first kappa shape index (κ1) is 16.3. The number of aromatic nitrogens is 4. The molecule has 1 heterocycles. The molecule has 26 heavy (non-hydrogen) atoms. The van der Waals surface area contributed by atoms with E-state index in [2.05, 4.69) is 38.3 Å². The van der Waals surface area contributed by atoms with Gasteiger partial charge in [0.05, 0.1) is 11.7 Å². The standard InChI is InChI=1S/C19H20N6O/c1-13(18-22-23-24-25(18)17-9-3-2-4-10-17)20-19(26)21-16-11-14-7-5-6-8-15(14)12-16/h2-10,13,16H,11-12H2,1H3,(H2,20,21,26)/t13-/m0/s1. The Morgan fingerprint density at radius 1 is 1.08 bits per heavy atom. The molecular weight excluding hydrogens is 328 g/mol. The molecule has 132 valence electrons. The lowest BCUT2D eigenvalue weighted by Crippen LogP contribution is -2.43. The quantitative estimate of drug-likeness (QED) is 0.757. The molecule has 0 saturated heterocycles. The molecule has 0 fully saturated rings. The third-order valence-corrected chi connectivity index (χ3v) is 4.62. The lowest BCUT2D eigenvalue weighted by molar-refractivity contribution is 0.233. The van der Waals surface area contributed by atoms with Crippen molar-refractivity contribution in [1.29, 1.82) is 0 Å². The second-order valence-electron chi connectivity index (χ2n) is 6.50. The molecule has 2 N–H and O–H groups in total. The summed E-state index contributed by atoms with van der Waals surface area (Å²) in [6.45, 7) is 1.87. The summed E-state index contributed by atoms with van der Waals surface area (Å²) in [5.41, 5.74) is 3.46. The fourth-order valence-corrected chi connectivity index (χ4v) is 3.37. The third kappa shape index (κ3) is 3.28. The van der Waals surface area contributed by atoms with Gasteiger partial charge in [0.15, 0.2) is 5.82 Å². The Bertz CT molecular complexity index is 882. The Kier molecular flexibility index (Phi) is 4.35. The highest BCUT2D eigenvalue weighted by molar-refractivity contribution is 5.75. The van der Waals surface area contributed by atoms with E-state index in [1.807, 2.05) is 49.4 Å². The van der Waals surface area contributed by atoms with Crippen LogP contribution in [0.15, 0.2) is 54.6 Å². The maximum Gasteiger partial charge on any atom is 0.315 e. The van der Waals surface area contributed by atoms with Crippen LogP contribution in [0.25, 0.3) is 5.69 Å². The minimum Gasteiger partial charge on any atom is -0.335 e. The molecular formula is C19H20N6O. The van der Waals surface area contributed by atoms with Gasteiger partial charge in [0, 0.05) is 6.04 Å². The minimum absolute atomic E-state index is 0.115. The molecule has 2 amide bonds. The first-order valence-corrected chi connectivity index (χ1v) is 8.68. The van der Waals surface area contributed by atoms with Gasteiger partial charge < -0.3 is 10.6 Å². The van der Waals surface area contributed by atoms with Crippen molar-refractivity contribution in [2.24, 2.45) is 0 Å². The van der Waals surface area contributed by atoms with Gasteiger partial charge in [-0.25, -0.2) is 4.79 Å². The number of nitrogens with one attached hydrogen (secondary N) is 2. The third-order valence-electron chi connectivity index (χ3n) is 4.62. The van der Waals surface area contributed by atoms with E-state index in [1.54, 1.807) is 4.68 Å². The molecule has 1 aliphatic carbocycles. The second-order valence-corrected chi connectivity index (χ2v) is 6.50. The Morgan fingerprint density at radius 3 is 2.42 bits per heavy atom. The van der Waals surface area contributed by atoms with Gasteiger partial charge in [-0.3, -0.25) is 0 Å². The molecule has 7 nitrogen and oxygen atoms in total. The predicted octanol–water partition coefficient (Wildman–Crippen LogP) is 2.19. The summed E-state index contributed by atoms with van der Waals surface area (Å²) in [5.74, 6) is 0.584. The van der Waals surface area contributed by atoms with Gasteiger partial charge in [0.25, 0.3) is 0 Å². The van der Waals surface area contributed by atoms with E-state index in [0.717, 1.165) is 18.5 Å². The largest absolute Gasteiger partial charge is 0.335 e. The number of carbonyl (C=O) groups excluding carboxylic acids is 1. The molecule has 0 spiro atoms. The van der Waals surface area contributed by atoms with E-state index >= 15 is 0 Å². The van der Waals surface area contributed by atoms with Crippen molar-refractivity contribution in [1.82, 2.24) is 30.8 Å². The number of hydrogen-bond donors (Lipinski definition) is 2. The first-order chi connectivity index (χ1) is 12.7. The van der Waals surface area contributed by atoms with Gasteiger partial charge >= 0.3 is 6.03 Å². The topological polar surface area (TPSA) is 84.7 Å². The monoisotopic (exact) mass is 348 g/mol. The van der Waals surface area contributed by atoms with Crippen molar-refractivity contribution in [3.05, 3.63) is 71.5 Å². The van der Waals surface area contributed by atoms with Crippen LogP contribution in [-0.4, -0.2) is 32.3 Å². The minimum atomic E-state index is -0.325. The average molecular weight is 348 g/mol. The Labute approximate surface area is 151 Å². The number of carbonyl (C=O) groups is 1. The fraction of sp³-hybridized carbons (Fsp3) is 0.263. The Morgan fingerprint density at radius 2 is 1.73 bits per heavy atom. The van der Waals surface area contributed by atoms with Crippen LogP contribution >= 0.6 is 0 Å². The summed E-state index contributed by atoms with van der Waals surface area (Å²) >= 11 is 0. The van der Waals surface area contributed by atoms with Gasteiger partial charge in [-0.05, 0) is 53.5 Å². The highest BCUT2D eigenvalue weighted by Gasteiger charge is 2.24. The number of para-hydroxylation sites is 1. The van der Waals surface area contributed by atoms with Gasteiger partial charge in [0.2, 0.25) is 0 Å². The summed E-state index contributed by atoms with van der Waals surface area (Å²) < 4.78 is 1.64. The molecule has 1 aliphatic rings. The van der Waals surface area contributed by atoms with E-state index < -0.39 is 0 Å². The van der Waals surface area contributed by atoms with Crippen molar-refractivity contribution < 1.29 is 4.79 Å². The molecule has 1 atom stereocenters. The molecule has 0 unspecified atom stereocenters. The van der Waals surface area contributed by atoms with Gasteiger partial charge in [-0.2, -0.15) is 4.68 Å². The zero-order chi connectivity index (χ0) is 17.9. The summed E-state index contributed by atoms with van der Waals surface area (Å²) in [7, 11) is 0. The summed E-state index contributed by atoms with van der Waals surface area (Å²) in [4.78, 5) is 12.4. The van der Waals surface area contributed by atoms with Crippen molar-refractivity contribution in [3.63, 3.8) is 0 Å². The van der Waals surface area contributed by atoms with Crippen LogP contribution in [0.5, 0.6) is 0 Å². The number of tetrazole rings is 1. The number of urea groups is 1. The predicted molar refractivity (Wildman–Crippen MR) is 96.9 cm³/mol. The van der Waals surface area contributed by atoms with E-state index in [-0.39, 0.29) is 18.1 Å². The number of nitrogens with zero attached hydrogens (tertiary/aromatic N) is 4.